The van der Waals surface area contributed by atoms with Crippen LogP contribution in [0.2, 0.25) is 0 Å². The Bertz CT molecular complexity index is 1520. The third-order valence-corrected chi connectivity index (χ3v) is 9.52. The molecule has 1 aliphatic rings. The van der Waals surface area contributed by atoms with E-state index in [1.54, 1.807) is 17.6 Å². The van der Waals surface area contributed by atoms with Crippen LogP contribution in [0.4, 0.5) is 5.00 Å². The van der Waals surface area contributed by atoms with E-state index in [2.05, 4.69) is 17.2 Å². The van der Waals surface area contributed by atoms with Crippen LogP contribution in [0.1, 0.15) is 48.0 Å². The summed E-state index contributed by atoms with van der Waals surface area (Å²) in [5, 5.41) is 3.34. The number of amides is 2. The highest BCUT2D eigenvalue weighted by Gasteiger charge is 2.29. The molecule has 0 radical (unpaired) electrons. The summed E-state index contributed by atoms with van der Waals surface area (Å²) in [6.45, 7) is 6.46. The Hall–Kier alpha value is -3.16. The number of fused-ring (bicyclic) bond motifs is 2. The second-order valence-electron chi connectivity index (χ2n) is 9.43. The highest BCUT2D eigenvalue weighted by molar-refractivity contribution is 8.00. The van der Waals surface area contributed by atoms with Crippen molar-refractivity contribution < 1.29 is 33.4 Å². The standard InChI is InChI=1S/C28H33N3O7S3/c1-5-37-17-8-10-19-21(12-17)41-28(31(19)13-24(34)38-6-2)30-23(33)15-39-14-22(32)29-26-25(27(35)36-4)18-9-7-16(3)11-20(18)40-26/h8,10,12,16H,5-7,9,11,13-15H2,1-4H3,(H,29,32). The molecular formula is C28H33N3O7S3. The van der Waals surface area contributed by atoms with Gasteiger partial charge < -0.3 is 24.1 Å². The molecule has 2 heterocycles. The van der Waals surface area contributed by atoms with E-state index in [-0.39, 0.29) is 30.6 Å². The number of thiophene rings is 1. The van der Waals surface area contributed by atoms with E-state index in [0.717, 1.165) is 51.7 Å². The van der Waals surface area contributed by atoms with Crippen molar-refractivity contribution in [3.8, 4) is 5.75 Å². The van der Waals surface area contributed by atoms with Crippen LogP contribution >= 0.6 is 34.4 Å². The summed E-state index contributed by atoms with van der Waals surface area (Å²) in [4.78, 5) is 56.0. The summed E-state index contributed by atoms with van der Waals surface area (Å²) in [6.07, 6.45) is 2.63. The van der Waals surface area contributed by atoms with E-state index < -0.39 is 17.8 Å². The van der Waals surface area contributed by atoms with Crippen LogP contribution in [0.5, 0.6) is 5.75 Å². The normalized spacial score (nSPS) is 14.9. The van der Waals surface area contributed by atoms with Gasteiger partial charge in [0.15, 0.2) is 4.80 Å². The number of hydrogen-bond donors (Lipinski definition) is 1. The van der Waals surface area contributed by atoms with Crippen molar-refractivity contribution in [2.24, 2.45) is 10.9 Å². The average molecular weight is 620 g/mol. The SMILES string of the molecule is CCOC(=O)Cn1c(=NC(=O)CSCC(=O)Nc2sc3c(c2C(=O)OC)CCC(C)C3)sc2cc(OCC)ccc21. The first-order chi connectivity index (χ1) is 19.7. The van der Waals surface area contributed by atoms with Crippen LogP contribution in [0, 0.1) is 5.92 Å². The van der Waals surface area contributed by atoms with Gasteiger partial charge in [0, 0.05) is 4.88 Å². The van der Waals surface area contributed by atoms with Crippen LogP contribution in [0.15, 0.2) is 23.2 Å². The Morgan fingerprint density at radius 3 is 2.68 bits per heavy atom. The summed E-state index contributed by atoms with van der Waals surface area (Å²) in [6, 6.07) is 5.47. The summed E-state index contributed by atoms with van der Waals surface area (Å²) in [5.41, 5.74) is 2.14. The number of carbonyl (C=O) groups is 4. The zero-order valence-corrected chi connectivity index (χ0v) is 25.9. The minimum atomic E-state index is -0.457. The number of thioether (sulfide) groups is 1. The third kappa shape index (κ3) is 7.57. The molecule has 41 heavy (non-hydrogen) atoms. The Kier molecular flexibility index (Phi) is 10.6. The fraction of sp³-hybridized carbons (Fsp3) is 0.464. The van der Waals surface area contributed by atoms with Gasteiger partial charge in [-0.15, -0.1) is 23.1 Å². The van der Waals surface area contributed by atoms with Gasteiger partial charge in [-0.25, -0.2) is 4.79 Å². The molecule has 4 rings (SSSR count). The van der Waals surface area contributed by atoms with E-state index in [0.29, 0.717) is 33.6 Å². The van der Waals surface area contributed by atoms with E-state index in [1.807, 2.05) is 19.1 Å². The number of hydrogen-bond acceptors (Lipinski definition) is 10. The van der Waals surface area contributed by atoms with Crippen molar-refractivity contribution in [3.05, 3.63) is 39.0 Å². The predicted molar refractivity (Wildman–Crippen MR) is 161 cm³/mol. The maximum atomic E-state index is 12.8. The second kappa shape index (κ2) is 14.1. The van der Waals surface area contributed by atoms with Gasteiger partial charge in [0.25, 0.3) is 5.91 Å². The number of esters is 2. The third-order valence-electron chi connectivity index (χ3n) is 6.39. The van der Waals surface area contributed by atoms with Gasteiger partial charge in [-0.1, -0.05) is 18.3 Å². The van der Waals surface area contributed by atoms with Gasteiger partial charge >= 0.3 is 11.9 Å². The summed E-state index contributed by atoms with van der Waals surface area (Å²) in [5.74, 6) is -0.472. The lowest BCUT2D eigenvalue weighted by molar-refractivity contribution is -0.143. The molecule has 0 bridgehead atoms. The number of benzene rings is 1. The highest BCUT2D eigenvalue weighted by Crippen LogP contribution is 2.40. The molecule has 1 N–H and O–H groups in total. The number of nitrogens with one attached hydrogen (secondary N) is 1. The Morgan fingerprint density at radius 1 is 1.15 bits per heavy atom. The molecule has 1 aromatic carbocycles. The fourth-order valence-electron chi connectivity index (χ4n) is 4.57. The van der Waals surface area contributed by atoms with E-state index >= 15 is 0 Å². The summed E-state index contributed by atoms with van der Waals surface area (Å²) < 4.78 is 18.1. The van der Waals surface area contributed by atoms with Crippen molar-refractivity contribution in [1.29, 1.82) is 0 Å². The Balaban J connectivity index is 1.45. The monoisotopic (exact) mass is 619 g/mol. The molecule has 0 saturated carbocycles. The molecule has 0 spiro atoms. The van der Waals surface area contributed by atoms with Crippen LogP contribution in [-0.2, 0) is 43.2 Å². The first-order valence-corrected chi connectivity index (χ1v) is 16.1. The molecular weight excluding hydrogens is 587 g/mol. The minimum Gasteiger partial charge on any atom is -0.494 e. The number of aromatic nitrogens is 1. The maximum absolute atomic E-state index is 12.8. The largest absolute Gasteiger partial charge is 0.494 e. The molecule has 10 nitrogen and oxygen atoms in total. The minimum absolute atomic E-state index is 0.00774. The van der Waals surface area contributed by atoms with Gasteiger partial charge in [-0.2, -0.15) is 4.99 Å². The highest BCUT2D eigenvalue weighted by atomic mass is 32.2. The number of thiazole rings is 1. The average Bonchev–Trinajstić information content (AvgIpc) is 3.44. The molecule has 3 aromatic rings. The number of carbonyl (C=O) groups excluding carboxylic acids is 4. The smallest absolute Gasteiger partial charge is 0.341 e. The molecule has 0 saturated heterocycles. The Morgan fingerprint density at radius 2 is 1.95 bits per heavy atom. The molecule has 13 heteroatoms. The molecule has 2 aromatic heterocycles. The molecule has 1 aliphatic carbocycles. The maximum Gasteiger partial charge on any atom is 0.341 e. The molecule has 0 aliphatic heterocycles. The van der Waals surface area contributed by atoms with Crippen molar-refractivity contribution in [2.45, 2.75) is 46.6 Å². The van der Waals surface area contributed by atoms with Gasteiger partial charge in [-0.05, 0) is 62.8 Å². The van der Waals surface area contributed by atoms with Crippen LogP contribution < -0.4 is 14.9 Å². The summed E-state index contributed by atoms with van der Waals surface area (Å²) in [7, 11) is 1.33. The van der Waals surface area contributed by atoms with Crippen LogP contribution in [-0.4, -0.2) is 60.1 Å². The molecule has 2 amide bonds. The number of nitrogens with zero attached hydrogens (tertiary/aromatic N) is 2. The number of rotatable bonds is 11. The number of ether oxygens (including phenoxy) is 3. The van der Waals surface area contributed by atoms with E-state index in [4.69, 9.17) is 14.2 Å². The fourth-order valence-corrected chi connectivity index (χ4v) is 7.66. The lowest BCUT2D eigenvalue weighted by Gasteiger charge is -2.18. The molecule has 0 fully saturated rings. The van der Waals surface area contributed by atoms with Crippen LogP contribution in [0.25, 0.3) is 10.2 Å². The first kappa shape index (κ1) is 30.8. The molecule has 1 atom stereocenters. The van der Waals surface area contributed by atoms with Crippen molar-refractivity contribution in [2.75, 3.05) is 37.1 Å². The second-order valence-corrected chi connectivity index (χ2v) is 12.5. The quantitative estimate of drug-likeness (QED) is 0.313. The predicted octanol–water partition coefficient (Wildman–Crippen LogP) is 4.44. The molecule has 220 valence electrons. The summed E-state index contributed by atoms with van der Waals surface area (Å²) >= 11 is 3.81. The topological polar surface area (TPSA) is 125 Å². The zero-order valence-electron chi connectivity index (χ0n) is 23.4. The van der Waals surface area contributed by atoms with Gasteiger partial charge in [0.2, 0.25) is 5.91 Å². The van der Waals surface area contributed by atoms with Crippen molar-refractivity contribution >= 4 is 73.4 Å². The van der Waals surface area contributed by atoms with Crippen molar-refractivity contribution in [1.82, 2.24) is 4.57 Å². The number of methoxy groups -OCH3 is 1. The van der Waals surface area contributed by atoms with Crippen LogP contribution in [0.3, 0.4) is 0 Å². The lowest BCUT2D eigenvalue weighted by atomic mass is 9.88. The van der Waals surface area contributed by atoms with Gasteiger partial charge in [0.1, 0.15) is 17.3 Å². The first-order valence-electron chi connectivity index (χ1n) is 13.3. The van der Waals surface area contributed by atoms with E-state index in [9.17, 15) is 19.2 Å². The van der Waals surface area contributed by atoms with Crippen molar-refractivity contribution in [3.63, 3.8) is 0 Å². The van der Waals surface area contributed by atoms with E-state index in [1.165, 1.54) is 29.8 Å². The Labute approximate surface area is 250 Å². The molecule has 1 unspecified atom stereocenters. The number of anilines is 1. The van der Waals surface area contributed by atoms with Gasteiger partial charge in [0.05, 0.1) is 47.6 Å². The lowest BCUT2D eigenvalue weighted by Crippen LogP contribution is -2.23. The van der Waals surface area contributed by atoms with Gasteiger partial charge in [-0.3, -0.25) is 14.4 Å². The zero-order chi connectivity index (χ0) is 29.5.